The molecule has 0 atom stereocenters. The lowest BCUT2D eigenvalue weighted by Gasteiger charge is -2.11. The Hall–Kier alpha value is -1.44. The molecule has 1 aliphatic carbocycles. The van der Waals surface area contributed by atoms with Crippen LogP contribution in [0.2, 0.25) is 0 Å². The van der Waals surface area contributed by atoms with Crippen LogP contribution in [0.5, 0.6) is 11.5 Å². The third kappa shape index (κ3) is 1.48. The number of ether oxygens (including phenoxy) is 2. The van der Waals surface area contributed by atoms with E-state index in [4.69, 9.17) is 9.47 Å². The first-order valence-electron chi connectivity index (χ1n) is 4.85. The molecule has 0 bridgehead atoms. The number of allylic oxidation sites excluding steroid dienone is 1. The maximum atomic E-state index is 5.50. The highest BCUT2D eigenvalue weighted by atomic mass is 16.5. The third-order valence-corrected chi connectivity index (χ3v) is 2.36. The summed E-state index contributed by atoms with van der Waals surface area (Å²) in [5.74, 6) is 1.66. The van der Waals surface area contributed by atoms with E-state index in [1.807, 2.05) is 13.0 Å². The normalized spacial score (nSPS) is 12.7. The maximum absolute atomic E-state index is 5.50. The monoisotopic (exact) mass is 190 g/mol. The van der Waals surface area contributed by atoms with Gasteiger partial charge in [0.05, 0.1) is 13.7 Å². The van der Waals surface area contributed by atoms with Gasteiger partial charge in [0.25, 0.3) is 0 Å². The molecule has 0 N–H and O–H groups in total. The summed E-state index contributed by atoms with van der Waals surface area (Å²) in [6.45, 7) is 2.65. The molecule has 0 saturated heterocycles. The molecule has 1 aliphatic rings. The van der Waals surface area contributed by atoms with Crippen molar-refractivity contribution in [1.29, 1.82) is 0 Å². The Labute approximate surface area is 84.2 Å². The Kier molecular flexibility index (Phi) is 2.44. The van der Waals surface area contributed by atoms with Crippen LogP contribution < -0.4 is 9.47 Å². The zero-order chi connectivity index (χ0) is 9.97. The van der Waals surface area contributed by atoms with Crippen LogP contribution in [0.1, 0.15) is 18.1 Å². The lowest BCUT2D eigenvalue weighted by atomic mass is 10.1. The number of hydrogen-bond acceptors (Lipinski definition) is 2. The standard InChI is InChI=1S/C12H14O2/c1-3-14-12-8-10-6-4-5-9(10)7-11(12)13-2/h4-5,7-8H,3,6H2,1-2H3. The molecular formula is C12H14O2. The van der Waals surface area contributed by atoms with Crippen molar-refractivity contribution in [3.8, 4) is 11.5 Å². The second kappa shape index (κ2) is 3.74. The molecule has 14 heavy (non-hydrogen) atoms. The Morgan fingerprint density at radius 2 is 2.14 bits per heavy atom. The highest BCUT2D eigenvalue weighted by molar-refractivity contribution is 5.64. The molecule has 0 unspecified atom stereocenters. The van der Waals surface area contributed by atoms with Gasteiger partial charge in [0, 0.05) is 0 Å². The van der Waals surface area contributed by atoms with Crippen LogP contribution >= 0.6 is 0 Å². The zero-order valence-corrected chi connectivity index (χ0v) is 8.54. The van der Waals surface area contributed by atoms with Gasteiger partial charge in [0.2, 0.25) is 0 Å². The predicted octanol–water partition coefficient (Wildman–Crippen LogP) is 2.66. The van der Waals surface area contributed by atoms with Crippen LogP contribution in [-0.4, -0.2) is 13.7 Å². The van der Waals surface area contributed by atoms with Crippen molar-refractivity contribution in [2.75, 3.05) is 13.7 Å². The van der Waals surface area contributed by atoms with Gasteiger partial charge < -0.3 is 9.47 Å². The van der Waals surface area contributed by atoms with Gasteiger partial charge >= 0.3 is 0 Å². The maximum Gasteiger partial charge on any atom is 0.161 e. The number of benzene rings is 1. The lowest BCUT2D eigenvalue weighted by molar-refractivity contribution is 0.310. The van der Waals surface area contributed by atoms with Gasteiger partial charge in [-0.2, -0.15) is 0 Å². The van der Waals surface area contributed by atoms with Crippen molar-refractivity contribution in [3.63, 3.8) is 0 Å². The first kappa shape index (κ1) is 9.13. The molecule has 2 heteroatoms. The topological polar surface area (TPSA) is 18.5 Å². The summed E-state index contributed by atoms with van der Waals surface area (Å²) in [6.07, 6.45) is 5.27. The quantitative estimate of drug-likeness (QED) is 0.729. The van der Waals surface area contributed by atoms with Crippen LogP contribution in [-0.2, 0) is 6.42 Å². The minimum atomic E-state index is 0.669. The first-order chi connectivity index (χ1) is 6.85. The number of methoxy groups -OCH3 is 1. The van der Waals surface area contributed by atoms with Gasteiger partial charge in [0.1, 0.15) is 0 Å². The number of fused-ring (bicyclic) bond motifs is 1. The minimum absolute atomic E-state index is 0.669. The molecule has 0 amide bonds. The molecule has 0 fully saturated rings. The summed E-state index contributed by atoms with van der Waals surface area (Å²) in [7, 11) is 1.67. The van der Waals surface area contributed by atoms with Crippen LogP contribution in [0.15, 0.2) is 18.2 Å². The molecule has 0 saturated carbocycles. The van der Waals surface area contributed by atoms with E-state index in [2.05, 4.69) is 18.2 Å². The number of hydrogen-bond donors (Lipinski definition) is 0. The molecule has 2 rings (SSSR count). The summed E-state index contributed by atoms with van der Waals surface area (Å²) in [4.78, 5) is 0. The molecule has 1 aromatic rings. The fourth-order valence-electron chi connectivity index (χ4n) is 1.69. The molecular weight excluding hydrogens is 176 g/mol. The van der Waals surface area contributed by atoms with Crippen molar-refractivity contribution in [1.82, 2.24) is 0 Å². The van der Waals surface area contributed by atoms with Gasteiger partial charge in [-0.15, -0.1) is 0 Å². The summed E-state index contributed by atoms with van der Waals surface area (Å²) < 4.78 is 10.8. The van der Waals surface area contributed by atoms with E-state index >= 15 is 0 Å². The number of rotatable bonds is 3. The molecule has 0 aromatic heterocycles. The highest BCUT2D eigenvalue weighted by Gasteiger charge is 2.11. The van der Waals surface area contributed by atoms with E-state index in [-0.39, 0.29) is 0 Å². The highest BCUT2D eigenvalue weighted by Crippen LogP contribution is 2.33. The Balaban J connectivity index is 2.41. The lowest BCUT2D eigenvalue weighted by Crippen LogP contribution is -1.97. The molecule has 74 valence electrons. The smallest absolute Gasteiger partial charge is 0.161 e. The Bertz CT molecular complexity index is 367. The van der Waals surface area contributed by atoms with E-state index in [9.17, 15) is 0 Å². The van der Waals surface area contributed by atoms with Crippen LogP contribution in [0.4, 0.5) is 0 Å². The zero-order valence-electron chi connectivity index (χ0n) is 8.54. The molecule has 0 spiro atoms. The fraction of sp³-hybridized carbons (Fsp3) is 0.333. The molecule has 0 aliphatic heterocycles. The Morgan fingerprint density at radius 3 is 2.86 bits per heavy atom. The van der Waals surface area contributed by atoms with Crippen LogP contribution in [0.25, 0.3) is 6.08 Å². The average Bonchev–Trinajstić information content (AvgIpc) is 2.64. The van der Waals surface area contributed by atoms with E-state index < -0.39 is 0 Å². The van der Waals surface area contributed by atoms with Crippen LogP contribution in [0, 0.1) is 0 Å². The molecule has 0 heterocycles. The second-order valence-corrected chi connectivity index (χ2v) is 3.24. The fourth-order valence-corrected chi connectivity index (χ4v) is 1.69. The predicted molar refractivity (Wildman–Crippen MR) is 56.9 cm³/mol. The SMILES string of the molecule is CCOc1cc2c(cc1OC)C=CC2. The van der Waals surface area contributed by atoms with Gasteiger partial charge in [-0.3, -0.25) is 0 Å². The molecule has 1 aromatic carbocycles. The van der Waals surface area contributed by atoms with Crippen molar-refractivity contribution in [2.24, 2.45) is 0 Å². The van der Waals surface area contributed by atoms with Gasteiger partial charge in [-0.25, -0.2) is 0 Å². The molecule has 0 radical (unpaired) electrons. The summed E-state index contributed by atoms with van der Waals surface area (Å²) >= 11 is 0. The first-order valence-corrected chi connectivity index (χ1v) is 4.85. The van der Waals surface area contributed by atoms with Crippen molar-refractivity contribution < 1.29 is 9.47 Å². The minimum Gasteiger partial charge on any atom is -0.493 e. The van der Waals surface area contributed by atoms with E-state index in [1.54, 1.807) is 7.11 Å². The Morgan fingerprint density at radius 1 is 1.29 bits per heavy atom. The van der Waals surface area contributed by atoms with Crippen molar-refractivity contribution in [3.05, 3.63) is 29.3 Å². The largest absolute Gasteiger partial charge is 0.493 e. The third-order valence-electron chi connectivity index (χ3n) is 2.36. The van der Waals surface area contributed by atoms with E-state index in [1.165, 1.54) is 11.1 Å². The summed E-state index contributed by atoms with van der Waals surface area (Å²) in [5.41, 5.74) is 2.56. The second-order valence-electron chi connectivity index (χ2n) is 3.24. The van der Waals surface area contributed by atoms with Gasteiger partial charge in [-0.05, 0) is 36.6 Å². The van der Waals surface area contributed by atoms with Crippen LogP contribution in [0.3, 0.4) is 0 Å². The van der Waals surface area contributed by atoms with Gasteiger partial charge in [-0.1, -0.05) is 12.2 Å². The van der Waals surface area contributed by atoms with Crippen molar-refractivity contribution in [2.45, 2.75) is 13.3 Å². The van der Waals surface area contributed by atoms with E-state index in [0.29, 0.717) is 6.61 Å². The average molecular weight is 190 g/mol. The van der Waals surface area contributed by atoms with E-state index in [0.717, 1.165) is 17.9 Å². The summed E-state index contributed by atoms with van der Waals surface area (Å²) in [6, 6.07) is 4.10. The molecule has 2 nitrogen and oxygen atoms in total. The van der Waals surface area contributed by atoms with Gasteiger partial charge in [0.15, 0.2) is 11.5 Å². The van der Waals surface area contributed by atoms with Crippen molar-refractivity contribution >= 4 is 6.08 Å². The summed E-state index contributed by atoms with van der Waals surface area (Å²) in [5, 5.41) is 0.